The van der Waals surface area contributed by atoms with Gasteiger partial charge in [-0.05, 0) is 18.6 Å². The van der Waals surface area contributed by atoms with Gasteiger partial charge in [-0.25, -0.2) is 9.78 Å². The van der Waals surface area contributed by atoms with Crippen LogP contribution in [0, 0.1) is 6.92 Å². The SMILES string of the molecule is Cc1cncc(-c2ncc(C(=O)O)s2)c1. The molecule has 1 N–H and O–H groups in total. The van der Waals surface area contributed by atoms with Crippen molar-refractivity contribution in [3.8, 4) is 10.6 Å². The molecule has 15 heavy (non-hydrogen) atoms. The number of carboxylic acids is 1. The van der Waals surface area contributed by atoms with Gasteiger partial charge in [0.15, 0.2) is 0 Å². The van der Waals surface area contributed by atoms with Gasteiger partial charge < -0.3 is 5.11 Å². The number of nitrogens with zero attached hydrogens (tertiary/aromatic N) is 2. The van der Waals surface area contributed by atoms with Gasteiger partial charge in [-0.2, -0.15) is 0 Å². The molecule has 2 aromatic rings. The third-order valence-corrected chi connectivity index (χ3v) is 2.87. The van der Waals surface area contributed by atoms with E-state index < -0.39 is 5.97 Å². The van der Waals surface area contributed by atoms with E-state index >= 15 is 0 Å². The highest BCUT2D eigenvalue weighted by atomic mass is 32.1. The third-order valence-electron chi connectivity index (χ3n) is 1.84. The van der Waals surface area contributed by atoms with Crippen LogP contribution in [-0.4, -0.2) is 21.0 Å². The van der Waals surface area contributed by atoms with Crippen molar-refractivity contribution < 1.29 is 9.90 Å². The fourth-order valence-corrected chi connectivity index (χ4v) is 1.91. The van der Waals surface area contributed by atoms with Gasteiger partial charge in [-0.3, -0.25) is 4.98 Å². The number of rotatable bonds is 2. The molecule has 2 heterocycles. The Kier molecular flexibility index (Phi) is 2.47. The number of pyridine rings is 1. The quantitative estimate of drug-likeness (QED) is 0.842. The van der Waals surface area contributed by atoms with Crippen LogP contribution < -0.4 is 0 Å². The van der Waals surface area contributed by atoms with Crippen molar-refractivity contribution in [2.24, 2.45) is 0 Å². The standard InChI is InChI=1S/C10H8N2O2S/c1-6-2-7(4-11-3-6)9-12-5-8(15-9)10(13)14/h2-5H,1H3,(H,13,14). The third kappa shape index (κ3) is 2.02. The molecule has 0 saturated carbocycles. The monoisotopic (exact) mass is 220 g/mol. The van der Waals surface area contributed by atoms with Gasteiger partial charge in [0.25, 0.3) is 0 Å². The molecule has 4 nitrogen and oxygen atoms in total. The van der Waals surface area contributed by atoms with Crippen molar-refractivity contribution in [1.29, 1.82) is 0 Å². The minimum Gasteiger partial charge on any atom is -0.477 e. The molecule has 0 amide bonds. The van der Waals surface area contributed by atoms with Crippen LogP contribution in [0.25, 0.3) is 10.6 Å². The van der Waals surface area contributed by atoms with E-state index in [0.29, 0.717) is 5.01 Å². The van der Waals surface area contributed by atoms with Crippen molar-refractivity contribution in [1.82, 2.24) is 9.97 Å². The first-order valence-electron chi connectivity index (χ1n) is 4.28. The highest BCUT2D eigenvalue weighted by molar-refractivity contribution is 7.16. The Bertz CT molecular complexity index is 508. The van der Waals surface area contributed by atoms with Crippen LogP contribution in [0.2, 0.25) is 0 Å². The Morgan fingerprint density at radius 2 is 2.20 bits per heavy atom. The van der Waals surface area contributed by atoms with Crippen molar-refractivity contribution in [3.05, 3.63) is 35.1 Å². The van der Waals surface area contributed by atoms with Gasteiger partial charge >= 0.3 is 5.97 Å². The molecule has 0 aliphatic rings. The topological polar surface area (TPSA) is 63.1 Å². The van der Waals surface area contributed by atoms with E-state index in [1.165, 1.54) is 6.20 Å². The number of hydrogen-bond donors (Lipinski definition) is 1. The second-order valence-electron chi connectivity index (χ2n) is 3.09. The second kappa shape index (κ2) is 3.78. The zero-order chi connectivity index (χ0) is 10.8. The summed E-state index contributed by atoms with van der Waals surface area (Å²) in [6.07, 6.45) is 4.79. The normalized spacial score (nSPS) is 10.2. The van der Waals surface area contributed by atoms with Gasteiger partial charge in [0.2, 0.25) is 0 Å². The number of carboxylic acid groups (broad SMARTS) is 1. The van der Waals surface area contributed by atoms with Gasteiger partial charge in [-0.1, -0.05) is 0 Å². The summed E-state index contributed by atoms with van der Waals surface area (Å²) in [5.74, 6) is -0.945. The van der Waals surface area contributed by atoms with E-state index in [1.54, 1.807) is 12.4 Å². The average Bonchev–Trinajstić information content (AvgIpc) is 2.66. The van der Waals surface area contributed by atoms with Gasteiger partial charge in [0, 0.05) is 18.0 Å². The zero-order valence-corrected chi connectivity index (χ0v) is 8.78. The van der Waals surface area contributed by atoms with Crippen LogP contribution in [0.15, 0.2) is 24.7 Å². The summed E-state index contributed by atoms with van der Waals surface area (Å²) in [6, 6.07) is 1.93. The molecule has 2 aromatic heterocycles. The average molecular weight is 220 g/mol. The van der Waals surface area contributed by atoms with Crippen LogP contribution in [0.1, 0.15) is 15.2 Å². The summed E-state index contributed by atoms with van der Waals surface area (Å²) < 4.78 is 0. The zero-order valence-electron chi connectivity index (χ0n) is 7.97. The molecule has 0 spiro atoms. The Hall–Kier alpha value is -1.75. The minimum absolute atomic E-state index is 0.242. The minimum atomic E-state index is -0.945. The number of aromatic carboxylic acids is 1. The molecule has 0 aliphatic heterocycles. The molecule has 0 aliphatic carbocycles. The molecule has 0 aromatic carbocycles. The summed E-state index contributed by atoms with van der Waals surface area (Å²) in [4.78, 5) is 19.0. The van der Waals surface area contributed by atoms with Crippen LogP contribution in [0.3, 0.4) is 0 Å². The number of hydrogen-bond acceptors (Lipinski definition) is 4. The Morgan fingerprint density at radius 1 is 1.40 bits per heavy atom. The Morgan fingerprint density at radius 3 is 2.80 bits per heavy atom. The molecule has 0 bridgehead atoms. The fraction of sp³-hybridized carbons (Fsp3) is 0.100. The van der Waals surface area contributed by atoms with E-state index in [0.717, 1.165) is 22.5 Å². The molecular formula is C10H8N2O2S. The maximum atomic E-state index is 10.7. The molecular weight excluding hydrogens is 212 g/mol. The highest BCUT2D eigenvalue weighted by Crippen LogP contribution is 2.24. The highest BCUT2D eigenvalue weighted by Gasteiger charge is 2.09. The molecule has 0 saturated heterocycles. The fourth-order valence-electron chi connectivity index (χ4n) is 1.18. The number of aromatic nitrogens is 2. The van der Waals surface area contributed by atoms with E-state index in [1.807, 2.05) is 13.0 Å². The van der Waals surface area contributed by atoms with E-state index in [4.69, 9.17) is 5.11 Å². The van der Waals surface area contributed by atoms with Gasteiger partial charge in [0.05, 0.1) is 6.20 Å². The second-order valence-corrected chi connectivity index (χ2v) is 4.12. The Labute approximate surface area is 90.3 Å². The van der Waals surface area contributed by atoms with Crippen LogP contribution in [0.5, 0.6) is 0 Å². The first-order valence-corrected chi connectivity index (χ1v) is 5.09. The van der Waals surface area contributed by atoms with Crippen LogP contribution in [0.4, 0.5) is 0 Å². The van der Waals surface area contributed by atoms with E-state index in [-0.39, 0.29) is 4.88 Å². The lowest BCUT2D eigenvalue weighted by atomic mass is 10.2. The van der Waals surface area contributed by atoms with Crippen LogP contribution >= 0.6 is 11.3 Å². The van der Waals surface area contributed by atoms with Gasteiger partial charge in [0.1, 0.15) is 9.88 Å². The van der Waals surface area contributed by atoms with Crippen molar-refractivity contribution in [3.63, 3.8) is 0 Å². The molecule has 0 atom stereocenters. The number of carbonyl (C=O) groups is 1. The summed E-state index contributed by atoms with van der Waals surface area (Å²) in [5, 5.41) is 9.44. The molecule has 0 fully saturated rings. The van der Waals surface area contributed by atoms with Crippen molar-refractivity contribution in [2.75, 3.05) is 0 Å². The lowest BCUT2D eigenvalue weighted by molar-refractivity contribution is 0.0702. The number of thiazole rings is 1. The molecule has 0 unspecified atom stereocenters. The van der Waals surface area contributed by atoms with Crippen LogP contribution in [-0.2, 0) is 0 Å². The number of aryl methyl sites for hydroxylation is 1. The maximum Gasteiger partial charge on any atom is 0.347 e. The lowest BCUT2D eigenvalue weighted by Gasteiger charge is -1.95. The first kappa shape index (κ1) is 9.79. The predicted octanol–water partition coefficient (Wildman–Crippen LogP) is 2.21. The summed E-state index contributed by atoms with van der Waals surface area (Å²) in [5.41, 5.74) is 1.88. The van der Waals surface area contributed by atoms with E-state index in [9.17, 15) is 4.79 Å². The summed E-state index contributed by atoms with van der Waals surface area (Å²) in [7, 11) is 0. The van der Waals surface area contributed by atoms with Gasteiger partial charge in [-0.15, -0.1) is 11.3 Å². The molecule has 2 rings (SSSR count). The molecule has 5 heteroatoms. The lowest BCUT2D eigenvalue weighted by Crippen LogP contribution is -1.89. The predicted molar refractivity (Wildman–Crippen MR) is 57.0 cm³/mol. The smallest absolute Gasteiger partial charge is 0.347 e. The first-order chi connectivity index (χ1) is 7.16. The van der Waals surface area contributed by atoms with Crippen molar-refractivity contribution >= 4 is 17.3 Å². The summed E-state index contributed by atoms with van der Waals surface area (Å²) in [6.45, 7) is 1.93. The Balaban J connectivity index is 2.41. The maximum absolute atomic E-state index is 10.7. The molecule has 76 valence electrons. The van der Waals surface area contributed by atoms with Crippen molar-refractivity contribution in [2.45, 2.75) is 6.92 Å². The summed E-state index contributed by atoms with van der Waals surface area (Å²) >= 11 is 1.15. The molecule has 0 radical (unpaired) electrons. The van der Waals surface area contributed by atoms with E-state index in [2.05, 4.69) is 9.97 Å². The largest absolute Gasteiger partial charge is 0.477 e.